The van der Waals surface area contributed by atoms with Crippen LogP contribution in [0.4, 0.5) is 15.8 Å². The molecule has 0 saturated carbocycles. The molecule has 2 atom stereocenters. The highest BCUT2D eigenvalue weighted by Gasteiger charge is 2.24. The molecule has 110 valence electrons. The van der Waals surface area contributed by atoms with Crippen LogP contribution in [0, 0.1) is 5.82 Å². The monoisotopic (exact) mass is 297 g/mol. The van der Waals surface area contributed by atoms with Crippen LogP contribution in [-0.4, -0.2) is 37.5 Å². The van der Waals surface area contributed by atoms with Gasteiger partial charge in [-0.2, -0.15) is 0 Å². The molecule has 1 aromatic carbocycles. The number of hydrogen-bond donors (Lipinski definition) is 2. The quantitative estimate of drug-likeness (QED) is 0.820. The lowest BCUT2D eigenvalue weighted by atomic mass is 10.2. The van der Waals surface area contributed by atoms with E-state index in [1.807, 2.05) is 24.8 Å². The SMILES string of the molecule is CNC(=S)Nc1ccc(N2CC(C)OC(C)C2)c(F)c1. The van der Waals surface area contributed by atoms with Crippen molar-refractivity contribution in [2.24, 2.45) is 0 Å². The van der Waals surface area contributed by atoms with E-state index in [0.717, 1.165) is 0 Å². The number of nitrogens with one attached hydrogen (secondary N) is 2. The molecule has 1 aliphatic rings. The average molecular weight is 297 g/mol. The number of benzene rings is 1. The molecule has 1 saturated heterocycles. The van der Waals surface area contributed by atoms with Gasteiger partial charge in [-0.1, -0.05) is 0 Å². The highest BCUT2D eigenvalue weighted by atomic mass is 32.1. The van der Waals surface area contributed by atoms with Crippen LogP contribution in [0.5, 0.6) is 0 Å². The van der Waals surface area contributed by atoms with E-state index in [0.29, 0.717) is 29.6 Å². The highest BCUT2D eigenvalue weighted by molar-refractivity contribution is 7.80. The van der Waals surface area contributed by atoms with E-state index in [9.17, 15) is 4.39 Å². The number of thiocarbonyl (C=S) groups is 1. The van der Waals surface area contributed by atoms with Gasteiger partial charge in [0.05, 0.1) is 17.9 Å². The maximum absolute atomic E-state index is 14.3. The maximum atomic E-state index is 14.3. The molecular formula is C14H20FN3OS. The molecule has 0 aromatic heterocycles. The van der Waals surface area contributed by atoms with Crippen molar-refractivity contribution >= 4 is 28.7 Å². The van der Waals surface area contributed by atoms with Crippen LogP contribution >= 0.6 is 12.2 Å². The van der Waals surface area contributed by atoms with E-state index >= 15 is 0 Å². The molecule has 0 radical (unpaired) electrons. The Balaban J connectivity index is 2.15. The van der Waals surface area contributed by atoms with Crippen LogP contribution in [0.1, 0.15) is 13.8 Å². The molecule has 0 aliphatic carbocycles. The largest absolute Gasteiger partial charge is 0.372 e. The minimum absolute atomic E-state index is 0.104. The summed E-state index contributed by atoms with van der Waals surface area (Å²) in [6.45, 7) is 5.40. The third-order valence-corrected chi connectivity index (χ3v) is 3.50. The summed E-state index contributed by atoms with van der Waals surface area (Å²) in [6, 6.07) is 5.07. The molecule has 0 bridgehead atoms. The Morgan fingerprint density at radius 2 is 2.00 bits per heavy atom. The summed E-state index contributed by atoms with van der Waals surface area (Å²) in [6.07, 6.45) is 0.209. The van der Waals surface area contributed by atoms with Crippen LogP contribution in [0.3, 0.4) is 0 Å². The number of rotatable bonds is 2. The van der Waals surface area contributed by atoms with Crippen molar-refractivity contribution in [2.75, 3.05) is 30.4 Å². The Morgan fingerprint density at radius 1 is 1.35 bits per heavy atom. The van der Waals surface area contributed by atoms with Crippen LogP contribution in [0.2, 0.25) is 0 Å². The van der Waals surface area contributed by atoms with Crippen molar-refractivity contribution in [3.8, 4) is 0 Å². The average Bonchev–Trinajstić information content (AvgIpc) is 2.37. The minimum Gasteiger partial charge on any atom is -0.372 e. The van der Waals surface area contributed by atoms with Crippen LogP contribution in [0.15, 0.2) is 18.2 Å². The first-order chi connectivity index (χ1) is 9.49. The van der Waals surface area contributed by atoms with Gasteiger partial charge in [-0.25, -0.2) is 4.39 Å². The van der Waals surface area contributed by atoms with Crippen LogP contribution in [-0.2, 0) is 4.74 Å². The fourth-order valence-electron chi connectivity index (χ4n) is 2.41. The second kappa shape index (κ2) is 6.37. The van der Waals surface area contributed by atoms with Gasteiger partial charge in [0, 0.05) is 25.8 Å². The molecule has 2 N–H and O–H groups in total. The summed E-state index contributed by atoms with van der Waals surface area (Å²) < 4.78 is 19.9. The Hall–Kier alpha value is -1.40. The molecule has 0 spiro atoms. The van der Waals surface area contributed by atoms with Gasteiger partial charge in [-0.05, 0) is 44.3 Å². The Morgan fingerprint density at radius 3 is 2.55 bits per heavy atom. The van der Waals surface area contributed by atoms with Crippen molar-refractivity contribution in [3.63, 3.8) is 0 Å². The second-order valence-corrected chi connectivity index (χ2v) is 5.44. The first-order valence-corrected chi connectivity index (χ1v) is 7.09. The van der Waals surface area contributed by atoms with E-state index < -0.39 is 0 Å². The lowest BCUT2D eigenvalue weighted by Gasteiger charge is -2.37. The fourth-order valence-corrected chi connectivity index (χ4v) is 2.53. The normalized spacial score (nSPS) is 22.5. The summed E-state index contributed by atoms with van der Waals surface area (Å²) in [5.74, 6) is -0.254. The van der Waals surface area contributed by atoms with Crippen molar-refractivity contribution in [1.29, 1.82) is 0 Å². The summed E-state index contributed by atoms with van der Waals surface area (Å²) in [7, 11) is 1.72. The summed E-state index contributed by atoms with van der Waals surface area (Å²) in [4.78, 5) is 2.02. The van der Waals surface area contributed by atoms with Crippen molar-refractivity contribution < 1.29 is 9.13 Å². The molecule has 1 fully saturated rings. The highest BCUT2D eigenvalue weighted by Crippen LogP contribution is 2.26. The lowest BCUT2D eigenvalue weighted by molar-refractivity contribution is -0.00539. The number of ether oxygens (including phenoxy) is 1. The molecule has 0 amide bonds. The number of nitrogens with zero attached hydrogens (tertiary/aromatic N) is 1. The first kappa shape index (κ1) is 15.0. The van der Waals surface area contributed by atoms with Crippen molar-refractivity contribution in [2.45, 2.75) is 26.1 Å². The van der Waals surface area contributed by atoms with Crippen molar-refractivity contribution in [3.05, 3.63) is 24.0 Å². The standard InChI is InChI=1S/C14H20FN3OS/c1-9-7-18(8-10(2)19-9)13-5-4-11(6-12(13)15)17-14(20)16-3/h4-6,9-10H,7-8H2,1-3H3,(H2,16,17,20). The molecule has 2 unspecified atom stereocenters. The molecule has 4 nitrogen and oxygen atoms in total. The van der Waals surface area contributed by atoms with Gasteiger partial charge in [0.15, 0.2) is 5.11 Å². The fraction of sp³-hybridized carbons (Fsp3) is 0.500. The molecule has 1 heterocycles. The zero-order valence-electron chi connectivity index (χ0n) is 11.9. The van der Waals surface area contributed by atoms with Gasteiger partial charge < -0.3 is 20.3 Å². The van der Waals surface area contributed by atoms with Crippen molar-refractivity contribution in [1.82, 2.24) is 5.32 Å². The molecule has 20 heavy (non-hydrogen) atoms. The topological polar surface area (TPSA) is 36.5 Å². The predicted molar refractivity (Wildman–Crippen MR) is 83.9 cm³/mol. The maximum Gasteiger partial charge on any atom is 0.170 e. The summed E-state index contributed by atoms with van der Waals surface area (Å²) in [5.41, 5.74) is 1.24. The molecular weight excluding hydrogens is 277 g/mol. The molecule has 2 rings (SSSR count). The first-order valence-electron chi connectivity index (χ1n) is 6.68. The second-order valence-electron chi connectivity index (χ2n) is 5.03. The molecule has 6 heteroatoms. The van der Waals surface area contributed by atoms with Crippen LogP contribution < -0.4 is 15.5 Å². The van der Waals surface area contributed by atoms with Gasteiger partial charge in [0.1, 0.15) is 5.82 Å². The Bertz CT molecular complexity index is 487. The zero-order valence-corrected chi connectivity index (χ0v) is 12.8. The number of halogens is 1. The van der Waals surface area contributed by atoms with E-state index in [1.165, 1.54) is 6.07 Å². The Kier molecular flexibility index (Phi) is 4.77. The summed E-state index contributed by atoms with van der Waals surface area (Å²) in [5, 5.41) is 6.17. The molecule has 1 aliphatic heterocycles. The van der Waals surface area contributed by atoms with Crippen LogP contribution in [0.25, 0.3) is 0 Å². The third kappa shape index (κ3) is 3.58. The van der Waals surface area contributed by atoms with Gasteiger partial charge in [-0.15, -0.1) is 0 Å². The van der Waals surface area contributed by atoms with Gasteiger partial charge >= 0.3 is 0 Å². The van der Waals surface area contributed by atoms with E-state index in [1.54, 1.807) is 13.1 Å². The lowest BCUT2D eigenvalue weighted by Crippen LogP contribution is -2.45. The van der Waals surface area contributed by atoms with E-state index in [4.69, 9.17) is 17.0 Å². The van der Waals surface area contributed by atoms with Gasteiger partial charge in [0.25, 0.3) is 0 Å². The van der Waals surface area contributed by atoms with Gasteiger partial charge in [0.2, 0.25) is 0 Å². The van der Waals surface area contributed by atoms with E-state index in [2.05, 4.69) is 10.6 Å². The number of morpholine rings is 1. The smallest absolute Gasteiger partial charge is 0.170 e. The number of hydrogen-bond acceptors (Lipinski definition) is 3. The number of anilines is 2. The van der Waals surface area contributed by atoms with Gasteiger partial charge in [-0.3, -0.25) is 0 Å². The Labute approximate surface area is 124 Å². The molecule has 1 aromatic rings. The minimum atomic E-state index is -0.254. The third-order valence-electron chi connectivity index (χ3n) is 3.19. The predicted octanol–water partition coefficient (Wildman–Crippen LogP) is 2.36. The van der Waals surface area contributed by atoms with E-state index in [-0.39, 0.29) is 18.0 Å². The zero-order chi connectivity index (χ0) is 14.7. The summed E-state index contributed by atoms with van der Waals surface area (Å²) >= 11 is 5.00.